The van der Waals surface area contributed by atoms with Gasteiger partial charge in [0.2, 0.25) is 5.91 Å². The van der Waals surface area contributed by atoms with E-state index in [1.807, 2.05) is 55.5 Å². The molecule has 1 saturated carbocycles. The normalized spacial score (nSPS) is 16.6. The third-order valence-electron chi connectivity index (χ3n) is 5.08. The molecule has 5 heteroatoms. The Morgan fingerprint density at radius 3 is 2.44 bits per heavy atom. The van der Waals surface area contributed by atoms with Crippen molar-refractivity contribution in [1.29, 1.82) is 0 Å². The third-order valence-corrected chi connectivity index (χ3v) is 5.08. The molecule has 1 aliphatic carbocycles. The van der Waals surface area contributed by atoms with Gasteiger partial charge in [-0.3, -0.25) is 4.79 Å². The average molecular weight is 368 g/mol. The minimum Gasteiger partial charge on any atom is -0.493 e. The molecule has 3 rings (SSSR count). The van der Waals surface area contributed by atoms with Gasteiger partial charge in [0, 0.05) is 0 Å². The molecule has 0 aliphatic heterocycles. The van der Waals surface area contributed by atoms with Crippen LogP contribution >= 0.6 is 0 Å². The fourth-order valence-corrected chi connectivity index (χ4v) is 3.43. The van der Waals surface area contributed by atoms with Gasteiger partial charge in [-0.2, -0.15) is 0 Å². The quantitative estimate of drug-likeness (QED) is 0.777. The van der Waals surface area contributed by atoms with Crippen molar-refractivity contribution in [3.8, 4) is 11.5 Å². The van der Waals surface area contributed by atoms with Gasteiger partial charge in [-0.15, -0.1) is 0 Å². The van der Waals surface area contributed by atoms with Crippen molar-refractivity contribution in [2.75, 3.05) is 7.11 Å². The zero-order valence-electron chi connectivity index (χ0n) is 16.0. The van der Waals surface area contributed by atoms with Crippen LogP contribution in [0.2, 0.25) is 0 Å². The Morgan fingerprint density at radius 1 is 1.07 bits per heavy atom. The van der Waals surface area contributed by atoms with Crippen LogP contribution in [-0.2, 0) is 4.79 Å². The van der Waals surface area contributed by atoms with Gasteiger partial charge >= 0.3 is 0 Å². The summed E-state index contributed by atoms with van der Waals surface area (Å²) in [6.45, 7) is 1.93. The largest absolute Gasteiger partial charge is 0.493 e. The van der Waals surface area contributed by atoms with Gasteiger partial charge in [-0.05, 0) is 55.9 Å². The van der Waals surface area contributed by atoms with Gasteiger partial charge in [-0.1, -0.05) is 36.4 Å². The highest BCUT2D eigenvalue weighted by atomic mass is 16.5. The summed E-state index contributed by atoms with van der Waals surface area (Å²) in [6, 6.07) is 14.3. The molecule has 0 heterocycles. The van der Waals surface area contributed by atoms with E-state index in [4.69, 9.17) is 15.2 Å². The zero-order chi connectivity index (χ0) is 19.2. The third kappa shape index (κ3) is 4.80. The minimum atomic E-state index is -0.694. The van der Waals surface area contributed by atoms with Gasteiger partial charge in [0.25, 0.3) is 0 Å². The second-order valence-electron chi connectivity index (χ2n) is 7.05. The Bertz CT molecular complexity index is 757. The van der Waals surface area contributed by atoms with Crippen LogP contribution in [0.5, 0.6) is 11.5 Å². The second-order valence-corrected chi connectivity index (χ2v) is 7.05. The van der Waals surface area contributed by atoms with Crippen LogP contribution in [0.3, 0.4) is 0 Å². The minimum absolute atomic E-state index is 0.193. The summed E-state index contributed by atoms with van der Waals surface area (Å²) in [5.74, 6) is 1.24. The fourth-order valence-electron chi connectivity index (χ4n) is 3.43. The highest BCUT2D eigenvalue weighted by molar-refractivity contribution is 5.83. The lowest BCUT2D eigenvalue weighted by Gasteiger charge is -2.20. The number of nitrogens with two attached hydrogens (primary N) is 1. The van der Waals surface area contributed by atoms with Crippen molar-refractivity contribution < 1.29 is 14.3 Å². The van der Waals surface area contributed by atoms with Crippen LogP contribution < -0.4 is 20.5 Å². The molecule has 1 fully saturated rings. The maximum atomic E-state index is 12.5. The Morgan fingerprint density at radius 2 is 1.78 bits per heavy atom. The summed E-state index contributed by atoms with van der Waals surface area (Å²) in [5, 5.41) is 2.98. The monoisotopic (exact) mass is 368 g/mol. The van der Waals surface area contributed by atoms with Crippen LogP contribution in [-0.4, -0.2) is 19.1 Å². The summed E-state index contributed by atoms with van der Waals surface area (Å²) >= 11 is 0. The summed E-state index contributed by atoms with van der Waals surface area (Å²) in [6.07, 6.45) is 4.89. The predicted octanol–water partition coefficient (Wildman–Crippen LogP) is 3.89. The van der Waals surface area contributed by atoms with Crippen LogP contribution in [0, 0.1) is 0 Å². The molecule has 0 saturated heterocycles. The van der Waals surface area contributed by atoms with Gasteiger partial charge in [-0.25, -0.2) is 0 Å². The molecule has 5 nitrogen and oxygen atoms in total. The molecule has 2 aromatic carbocycles. The van der Waals surface area contributed by atoms with Crippen molar-refractivity contribution in [3.05, 3.63) is 59.7 Å². The lowest BCUT2D eigenvalue weighted by molar-refractivity contribution is -0.123. The molecule has 2 atom stereocenters. The number of hydrogen-bond donors (Lipinski definition) is 2. The van der Waals surface area contributed by atoms with E-state index < -0.39 is 6.04 Å². The molecule has 2 unspecified atom stereocenters. The molecule has 1 aliphatic rings. The lowest BCUT2D eigenvalue weighted by atomic mass is 10.0. The van der Waals surface area contributed by atoms with E-state index in [0.29, 0.717) is 5.75 Å². The first kappa shape index (κ1) is 19.2. The van der Waals surface area contributed by atoms with Crippen LogP contribution in [0.25, 0.3) is 0 Å². The first-order chi connectivity index (χ1) is 13.1. The number of rotatable bonds is 7. The van der Waals surface area contributed by atoms with E-state index in [1.54, 1.807) is 7.11 Å². The molecule has 27 heavy (non-hydrogen) atoms. The molecule has 144 valence electrons. The van der Waals surface area contributed by atoms with Gasteiger partial charge in [0.15, 0.2) is 11.5 Å². The molecule has 0 spiro atoms. The molecule has 3 N–H and O–H groups in total. The number of amides is 1. The second kappa shape index (κ2) is 8.91. The number of nitrogens with one attached hydrogen (secondary N) is 1. The Balaban J connectivity index is 1.66. The summed E-state index contributed by atoms with van der Waals surface area (Å²) in [5.41, 5.74) is 7.82. The van der Waals surface area contributed by atoms with E-state index in [2.05, 4.69) is 5.32 Å². The standard InChI is InChI=1S/C22H28N2O3/c1-15(24-22(25)21(23)16-8-4-3-5-9-16)17-12-13-19(20(14-17)26-2)27-18-10-6-7-11-18/h3-5,8-9,12-15,18,21H,6-7,10-11,23H2,1-2H3,(H,24,25). The van der Waals surface area contributed by atoms with E-state index in [9.17, 15) is 4.79 Å². The van der Waals surface area contributed by atoms with Crippen LogP contribution in [0.15, 0.2) is 48.5 Å². The first-order valence-electron chi connectivity index (χ1n) is 9.54. The van der Waals surface area contributed by atoms with Gasteiger partial charge < -0.3 is 20.5 Å². The van der Waals surface area contributed by atoms with E-state index in [1.165, 1.54) is 12.8 Å². The first-order valence-corrected chi connectivity index (χ1v) is 9.54. The van der Waals surface area contributed by atoms with Crippen molar-refractivity contribution in [3.63, 3.8) is 0 Å². The summed E-state index contributed by atoms with van der Waals surface area (Å²) in [7, 11) is 1.63. The summed E-state index contributed by atoms with van der Waals surface area (Å²) in [4.78, 5) is 12.5. The van der Waals surface area contributed by atoms with Crippen molar-refractivity contribution in [1.82, 2.24) is 5.32 Å². The van der Waals surface area contributed by atoms with Crippen LogP contribution in [0.4, 0.5) is 0 Å². The molecule has 0 bridgehead atoms. The molecule has 2 aromatic rings. The lowest BCUT2D eigenvalue weighted by Crippen LogP contribution is -2.35. The van der Waals surface area contributed by atoms with Crippen molar-refractivity contribution in [2.45, 2.75) is 50.8 Å². The highest BCUT2D eigenvalue weighted by Crippen LogP contribution is 2.33. The zero-order valence-corrected chi connectivity index (χ0v) is 16.0. The molecule has 1 amide bonds. The SMILES string of the molecule is COc1cc(C(C)NC(=O)C(N)c2ccccc2)ccc1OC1CCCC1. The average Bonchev–Trinajstić information content (AvgIpc) is 3.21. The van der Waals surface area contributed by atoms with Gasteiger partial charge in [0.1, 0.15) is 6.04 Å². The van der Waals surface area contributed by atoms with Crippen LogP contribution in [0.1, 0.15) is 55.8 Å². The van der Waals surface area contributed by atoms with E-state index >= 15 is 0 Å². The fraction of sp³-hybridized carbons (Fsp3) is 0.409. The number of carbonyl (C=O) groups excluding carboxylic acids is 1. The Labute approximate surface area is 160 Å². The molecular formula is C22H28N2O3. The number of hydrogen-bond acceptors (Lipinski definition) is 4. The van der Waals surface area contributed by atoms with Crippen molar-refractivity contribution >= 4 is 5.91 Å². The predicted molar refractivity (Wildman–Crippen MR) is 106 cm³/mol. The summed E-state index contributed by atoms with van der Waals surface area (Å²) < 4.78 is 11.6. The van der Waals surface area contributed by atoms with E-state index in [-0.39, 0.29) is 18.1 Å². The topological polar surface area (TPSA) is 73.6 Å². The maximum Gasteiger partial charge on any atom is 0.241 e. The highest BCUT2D eigenvalue weighted by Gasteiger charge is 2.21. The smallest absolute Gasteiger partial charge is 0.241 e. The maximum absolute atomic E-state index is 12.5. The Kier molecular flexibility index (Phi) is 6.35. The van der Waals surface area contributed by atoms with E-state index in [0.717, 1.165) is 29.7 Å². The molecule has 0 radical (unpaired) electrons. The molecule has 0 aromatic heterocycles. The Hall–Kier alpha value is -2.53. The number of methoxy groups -OCH3 is 1. The molecular weight excluding hydrogens is 340 g/mol. The number of benzene rings is 2. The number of carbonyl (C=O) groups is 1. The van der Waals surface area contributed by atoms with Crippen molar-refractivity contribution in [2.24, 2.45) is 5.73 Å². The number of ether oxygens (including phenoxy) is 2. The van der Waals surface area contributed by atoms with Gasteiger partial charge in [0.05, 0.1) is 19.3 Å².